The van der Waals surface area contributed by atoms with Gasteiger partial charge in [0, 0.05) is 23.0 Å². The highest BCUT2D eigenvalue weighted by Crippen LogP contribution is 2.29. The lowest BCUT2D eigenvalue weighted by Gasteiger charge is -2.08. The molecule has 1 amide bonds. The van der Waals surface area contributed by atoms with Crippen molar-refractivity contribution in [3.63, 3.8) is 0 Å². The van der Waals surface area contributed by atoms with Crippen LogP contribution in [0.4, 0.5) is 5.69 Å². The third kappa shape index (κ3) is 3.74. The summed E-state index contributed by atoms with van der Waals surface area (Å²) in [6.45, 7) is 6.34. The zero-order valence-corrected chi connectivity index (χ0v) is 15.3. The minimum Gasteiger partial charge on any atom is -0.349 e. The molecule has 0 atom stereocenters. The van der Waals surface area contributed by atoms with E-state index in [4.69, 9.17) is 11.6 Å². The Hall–Kier alpha value is -1.98. The van der Waals surface area contributed by atoms with Gasteiger partial charge in [0.1, 0.15) is 0 Å². The second kappa shape index (κ2) is 6.87. The van der Waals surface area contributed by atoms with Crippen molar-refractivity contribution in [1.29, 1.82) is 0 Å². The topological polar surface area (TPSA) is 46.4 Å². The quantitative estimate of drug-likeness (QED) is 0.790. The number of halogens is 1. The average molecular weight is 360 g/mol. The summed E-state index contributed by atoms with van der Waals surface area (Å²) < 4.78 is 2.19. The molecule has 1 aromatic carbocycles. The van der Waals surface area contributed by atoms with Crippen molar-refractivity contribution in [2.45, 2.75) is 26.8 Å². The van der Waals surface area contributed by atoms with E-state index in [1.165, 1.54) is 17.5 Å². The molecule has 4 nitrogen and oxygen atoms in total. The van der Waals surface area contributed by atoms with Crippen LogP contribution >= 0.6 is 23.4 Å². The number of carbonyl (C=O) groups excluding carboxylic acids is 1. The van der Waals surface area contributed by atoms with Crippen molar-refractivity contribution < 1.29 is 4.79 Å². The highest BCUT2D eigenvalue weighted by Gasteiger charge is 2.24. The van der Waals surface area contributed by atoms with Gasteiger partial charge in [-0.2, -0.15) is 0 Å². The van der Waals surface area contributed by atoms with Gasteiger partial charge in [0.05, 0.1) is 10.6 Å². The molecular formula is C18H18ClN3OS. The number of carbonyl (C=O) groups is 1. The molecule has 24 heavy (non-hydrogen) atoms. The van der Waals surface area contributed by atoms with E-state index in [9.17, 15) is 4.79 Å². The second-order valence-corrected chi connectivity index (χ2v) is 7.34. The lowest BCUT2D eigenvalue weighted by Crippen LogP contribution is -2.19. The van der Waals surface area contributed by atoms with Gasteiger partial charge in [0.2, 0.25) is 0 Å². The zero-order valence-electron chi connectivity index (χ0n) is 13.7. The largest absolute Gasteiger partial charge is 0.349 e. The summed E-state index contributed by atoms with van der Waals surface area (Å²) in [6.07, 6.45) is 3.96. The van der Waals surface area contributed by atoms with Gasteiger partial charge in [-0.1, -0.05) is 11.6 Å². The molecular weight excluding hydrogens is 342 g/mol. The number of aryl methyl sites for hydroxylation is 1. The van der Waals surface area contributed by atoms with Crippen LogP contribution in [0.25, 0.3) is 6.08 Å². The van der Waals surface area contributed by atoms with E-state index in [1.807, 2.05) is 18.2 Å². The van der Waals surface area contributed by atoms with Gasteiger partial charge in [-0.05, 0) is 74.5 Å². The van der Waals surface area contributed by atoms with Crippen LogP contribution in [0.2, 0.25) is 5.02 Å². The minimum absolute atomic E-state index is 0.123. The Morgan fingerprint density at radius 3 is 2.62 bits per heavy atom. The molecule has 0 radical (unpaired) electrons. The maximum Gasteiger partial charge on any atom is 0.264 e. The fourth-order valence-electron chi connectivity index (χ4n) is 2.52. The molecule has 0 unspecified atom stereocenters. The highest BCUT2D eigenvalue weighted by molar-refractivity contribution is 8.18. The van der Waals surface area contributed by atoms with Crippen LogP contribution in [0.3, 0.4) is 0 Å². The average Bonchev–Trinajstić information content (AvgIpc) is 3.05. The molecule has 0 bridgehead atoms. The van der Waals surface area contributed by atoms with Crippen molar-refractivity contribution >= 4 is 46.2 Å². The molecule has 6 heteroatoms. The Labute approximate surface area is 150 Å². The van der Waals surface area contributed by atoms with Gasteiger partial charge < -0.3 is 9.88 Å². The molecule has 1 fully saturated rings. The molecule has 2 aromatic rings. The van der Waals surface area contributed by atoms with E-state index in [-0.39, 0.29) is 5.91 Å². The molecule has 1 saturated heterocycles. The van der Waals surface area contributed by atoms with Crippen molar-refractivity contribution in [2.75, 3.05) is 0 Å². The number of nitrogens with zero attached hydrogens (tertiary/aromatic N) is 2. The predicted octanol–water partition coefficient (Wildman–Crippen LogP) is 4.92. The number of benzene rings is 1. The van der Waals surface area contributed by atoms with Crippen LogP contribution in [0.1, 0.15) is 31.1 Å². The summed E-state index contributed by atoms with van der Waals surface area (Å²) >= 11 is 7.21. The van der Waals surface area contributed by atoms with Gasteiger partial charge in [0.25, 0.3) is 5.91 Å². The molecule has 1 aliphatic heterocycles. The summed E-state index contributed by atoms with van der Waals surface area (Å²) in [6, 6.07) is 9.65. The predicted molar refractivity (Wildman–Crippen MR) is 102 cm³/mol. The Kier molecular flexibility index (Phi) is 4.83. The Morgan fingerprint density at radius 1 is 1.29 bits per heavy atom. The number of rotatable bonds is 3. The summed E-state index contributed by atoms with van der Waals surface area (Å²) in [5, 5.41) is 4.03. The molecule has 3 rings (SSSR count). The number of aliphatic imine (C=N–C) groups is 1. The monoisotopic (exact) mass is 359 g/mol. The number of nitrogens with one attached hydrogen (secondary N) is 1. The standard InChI is InChI=1S/C18H18ClN3OS/c1-11(2)22-10-13(8-12(22)3)9-16-17(23)21-18(24-16)20-15-6-4-14(19)5-7-15/h4-11H,1-3H3,(H,20,21,23)/b16-9+. The normalized spacial score (nSPS) is 18.0. The number of aromatic nitrogens is 1. The van der Waals surface area contributed by atoms with Crippen LogP contribution in [0, 0.1) is 6.92 Å². The first-order valence-corrected chi connectivity index (χ1v) is 8.85. The van der Waals surface area contributed by atoms with E-state index in [1.54, 1.807) is 12.1 Å². The number of thioether (sulfide) groups is 1. The molecule has 0 saturated carbocycles. The van der Waals surface area contributed by atoms with E-state index < -0.39 is 0 Å². The van der Waals surface area contributed by atoms with Crippen molar-refractivity contribution in [3.05, 3.63) is 57.7 Å². The second-order valence-electron chi connectivity index (χ2n) is 5.87. The first-order chi connectivity index (χ1) is 11.4. The highest BCUT2D eigenvalue weighted by atomic mass is 35.5. The number of hydrogen-bond acceptors (Lipinski definition) is 3. The van der Waals surface area contributed by atoms with Crippen LogP contribution in [-0.4, -0.2) is 15.6 Å². The maximum absolute atomic E-state index is 12.2. The van der Waals surface area contributed by atoms with Gasteiger partial charge in [-0.15, -0.1) is 0 Å². The number of hydrogen-bond donors (Lipinski definition) is 1. The summed E-state index contributed by atoms with van der Waals surface area (Å²) in [7, 11) is 0. The molecule has 2 heterocycles. The maximum atomic E-state index is 12.2. The van der Waals surface area contributed by atoms with Crippen LogP contribution in [0.15, 0.2) is 46.4 Å². The number of amides is 1. The lowest BCUT2D eigenvalue weighted by molar-refractivity contribution is -0.115. The van der Waals surface area contributed by atoms with Crippen molar-refractivity contribution in [3.8, 4) is 0 Å². The minimum atomic E-state index is -0.123. The fourth-order valence-corrected chi connectivity index (χ4v) is 3.48. The van der Waals surface area contributed by atoms with Crippen LogP contribution in [0.5, 0.6) is 0 Å². The first kappa shape index (κ1) is 16.9. The number of amidine groups is 1. The Balaban J connectivity index is 1.82. The van der Waals surface area contributed by atoms with Gasteiger partial charge in [0.15, 0.2) is 5.17 Å². The lowest BCUT2D eigenvalue weighted by atomic mass is 10.3. The van der Waals surface area contributed by atoms with E-state index in [0.29, 0.717) is 21.1 Å². The molecule has 0 aliphatic carbocycles. The third-order valence-electron chi connectivity index (χ3n) is 3.63. The van der Waals surface area contributed by atoms with E-state index >= 15 is 0 Å². The molecule has 0 spiro atoms. The first-order valence-electron chi connectivity index (χ1n) is 7.66. The molecule has 1 aliphatic rings. The van der Waals surface area contributed by atoms with Crippen LogP contribution < -0.4 is 5.32 Å². The fraction of sp³-hybridized carbons (Fsp3) is 0.222. The van der Waals surface area contributed by atoms with E-state index in [0.717, 1.165) is 11.3 Å². The van der Waals surface area contributed by atoms with Crippen LogP contribution in [-0.2, 0) is 4.79 Å². The van der Waals surface area contributed by atoms with Crippen molar-refractivity contribution in [1.82, 2.24) is 9.88 Å². The SMILES string of the molecule is Cc1cc(/C=C2/SC(=Nc3ccc(Cl)cc3)NC2=O)cn1C(C)C. The summed E-state index contributed by atoms with van der Waals surface area (Å²) in [5.41, 5.74) is 2.95. The molecule has 1 N–H and O–H groups in total. The van der Waals surface area contributed by atoms with Gasteiger partial charge in [-0.25, -0.2) is 4.99 Å². The Bertz CT molecular complexity index is 834. The van der Waals surface area contributed by atoms with Crippen molar-refractivity contribution in [2.24, 2.45) is 4.99 Å². The molecule has 124 valence electrons. The third-order valence-corrected chi connectivity index (χ3v) is 4.80. The zero-order chi connectivity index (χ0) is 17.3. The molecule has 1 aromatic heterocycles. The Morgan fingerprint density at radius 2 is 2.00 bits per heavy atom. The van der Waals surface area contributed by atoms with Gasteiger partial charge >= 0.3 is 0 Å². The smallest absolute Gasteiger partial charge is 0.264 e. The van der Waals surface area contributed by atoms with Gasteiger partial charge in [-0.3, -0.25) is 4.79 Å². The summed E-state index contributed by atoms with van der Waals surface area (Å²) in [5.74, 6) is -0.123. The summed E-state index contributed by atoms with van der Waals surface area (Å²) in [4.78, 5) is 17.2. The van der Waals surface area contributed by atoms with E-state index in [2.05, 4.69) is 47.9 Å².